The predicted molar refractivity (Wildman–Crippen MR) is 73.6 cm³/mol. The van der Waals surface area contributed by atoms with Crippen LogP contribution in [0.2, 0.25) is 5.02 Å². The van der Waals surface area contributed by atoms with E-state index in [1.54, 1.807) is 6.20 Å². The van der Waals surface area contributed by atoms with Gasteiger partial charge in [0.05, 0.1) is 10.6 Å². The number of rotatable bonds is 2. The van der Waals surface area contributed by atoms with E-state index in [2.05, 4.69) is 40.1 Å². The lowest BCUT2D eigenvalue weighted by Gasteiger charge is -2.36. The standard InChI is InChI=1S/C12H16BrClN2O/c1-12(2)6-9(3-4-17-12)16-11-10(14)5-8(13)7-15-11/h5,7,9H,3-4,6H2,1-2H3,(H,15,16). The number of hydrogen-bond acceptors (Lipinski definition) is 3. The van der Waals surface area contributed by atoms with Gasteiger partial charge in [-0.1, -0.05) is 11.6 Å². The molecule has 1 atom stereocenters. The molecular formula is C12H16BrClN2O. The van der Waals surface area contributed by atoms with Crippen LogP contribution in [0.3, 0.4) is 0 Å². The Morgan fingerprint density at radius 3 is 3.00 bits per heavy atom. The minimum Gasteiger partial charge on any atom is -0.375 e. The lowest BCUT2D eigenvalue weighted by Crippen LogP contribution is -2.40. The number of ether oxygens (including phenoxy) is 1. The number of aromatic nitrogens is 1. The number of pyridine rings is 1. The zero-order valence-electron chi connectivity index (χ0n) is 9.96. The first kappa shape index (κ1) is 13.1. The summed E-state index contributed by atoms with van der Waals surface area (Å²) in [6.45, 7) is 4.99. The molecule has 0 aliphatic carbocycles. The van der Waals surface area contributed by atoms with E-state index in [0.717, 1.165) is 29.7 Å². The highest BCUT2D eigenvalue weighted by Gasteiger charge is 2.29. The van der Waals surface area contributed by atoms with Crippen molar-refractivity contribution in [2.75, 3.05) is 11.9 Å². The summed E-state index contributed by atoms with van der Waals surface area (Å²) in [4.78, 5) is 4.29. The van der Waals surface area contributed by atoms with Gasteiger partial charge in [0.1, 0.15) is 5.82 Å². The maximum Gasteiger partial charge on any atom is 0.145 e. The molecule has 0 amide bonds. The molecule has 0 saturated carbocycles. The summed E-state index contributed by atoms with van der Waals surface area (Å²) in [5, 5.41) is 4.03. The van der Waals surface area contributed by atoms with Gasteiger partial charge in [-0.2, -0.15) is 0 Å². The number of anilines is 1. The van der Waals surface area contributed by atoms with E-state index >= 15 is 0 Å². The smallest absolute Gasteiger partial charge is 0.145 e. The van der Waals surface area contributed by atoms with Gasteiger partial charge < -0.3 is 10.1 Å². The fraction of sp³-hybridized carbons (Fsp3) is 0.583. The Balaban J connectivity index is 2.05. The molecule has 1 aliphatic rings. The van der Waals surface area contributed by atoms with Crippen LogP contribution in [-0.2, 0) is 4.74 Å². The zero-order valence-corrected chi connectivity index (χ0v) is 12.3. The Kier molecular flexibility index (Phi) is 3.95. The molecule has 1 saturated heterocycles. The molecule has 1 aromatic heterocycles. The van der Waals surface area contributed by atoms with Crippen LogP contribution in [0.25, 0.3) is 0 Å². The van der Waals surface area contributed by atoms with Crippen molar-refractivity contribution in [3.05, 3.63) is 21.8 Å². The van der Waals surface area contributed by atoms with Crippen LogP contribution < -0.4 is 5.32 Å². The minimum atomic E-state index is -0.0717. The third-order valence-electron chi connectivity index (χ3n) is 2.85. The second-order valence-corrected chi connectivity index (χ2v) is 6.25. The molecule has 1 aliphatic heterocycles. The Morgan fingerprint density at radius 1 is 1.59 bits per heavy atom. The molecule has 1 aromatic rings. The van der Waals surface area contributed by atoms with E-state index < -0.39 is 0 Å². The number of nitrogens with one attached hydrogen (secondary N) is 1. The first-order valence-corrected chi connectivity index (χ1v) is 6.85. The molecule has 0 bridgehead atoms. The summed E-state index contributed by atoms with van der Waals surface area (Å²) in [6, 6.07) is 2.21. The van der Waals surface area contributed by atoms with E-state index in [4.69, 9.17) is 16.3 Å². The molecule has 0 radical (unpaired) electrons. The van der Waals surface area contributed by atoms with Crippen LogP contribution >= 0.6 is 27.5 Å². The van der Waals surface area contributed by atoms with Crippen LogP contribution in [0.5, 0.6) is 0 Å². The zero-order chi connectivity index (χ0) is 12.5. The normalized spacial score (nSPS) is 23.4. The maximum absolute atomic E-state index is 6.13. The summed E-state index contributed by atoms with van der Waals surface area (Å²) >= 11 is 9.48. The molecule has 1 fully saturated rings. The van der Waals surface area contributed by atoms with Gasteiger partial charge in [0.25, 0.3) is 0 Å². The van der Waals surface area contributed by atoms with Crippen LogP contribution in [0.15, 0.2) is 16.7 Å². The highest BCUT2D eigenvalue weighted by Crippen LogP contribution is 2.29. The molecule has 2 rings (SSSR count). The third kappa shape index (κ3) is 3.57. The van der Waals surface area contributed by atoms with Gasteiger partial charge in [-0.3, -0.25) is 0 Å². The fourth-order valence-electron chi connectivity index (χ4n) is 2.07. The lowest BCUT2D eigenvalue weighted by molar-refractivity contribution is -0.0553. The van der Waals surface area contributed by atoms with Gasteiger partial charge in [0, 0.05) is 23.3 Å². The highest BCUT2D eigenvalue weighted by atomic mass is 79.9. The Bertz CT molecular complexity index is 411. The first-order valence-electron chi connectivity index (χ1n) is 5.68. The second kappa shape index (κ2) is 5.12. The van der Waals surface area contributed by atoms with Crippen molar-refractivity contribution in [1.82, 2.24) is 4.98 Å². The third-order valence-corrected chi connectivity index (χ3v) is 3.57. The highest BCUT2D eigenvalue weighted by molar-refractivity contribution is 9.10. The molecular weight excluding hydrogens is 304 g/mol. The summed E-state index contributed by atoms with van der Waals surface area (Å²) in [6.07, 6.45) is 3.69. The molecule has 0 aromatic carbocycles. The van der Waals surface area contributed by atoms with Crippen LogP contribution in [0.1, 0.15) is 26.7 Å². The maximum atomic E-state index is 6.13. The van der Waals surface area contributed by atoms with E-state index in [9.17, 15) is 0 Å². The van der Waals surface area contributed by atoms with Gasteiger partial charge in [-0.05, 0) is 48.7 Å². The van der Waals surface area contributed by atoms with Gasteiger partial charge in [0.2, 0.25) is 0 Å². The van der Waals surface area contributed by atoms with E-state index in [-0.39, 0.29) is 5.60 Å². The molecule has 5 heteroatoms. The van der Waals surface area contributed by atoms with E-state index in [1.807, 2.05) is 6.07 Å². The van der Waals surface area contributed by atoms with Gasteiger partial charge >= 0.3 is 0 Å². The SMILES string of the molecule is CC1(C)CC(Nc2ncc(Br)cc2Cl)CCO1. The molecule has 1 N–H and O–H groups in total. The van der Waals surface area contributed by atoms with Gasteiger partial charge in [-0.15, -0.1) is 0 Å². The molecule has 0 spiro atoms. The van der Waals surface area contributed by atoms with Crippen molar-refractivity contribution in [1.29, 1.82) is 0 Å². The van der Waals surface area contributed by atoms with Crippen LogP contribution in [-0.4, -0.2) is 23.2 Å². The lowest BCUT2D eigenvalue weighted by atomic mass is 9.94. The second-order valence-electron chi connectivity index (χ2n) is 4.93. The van der Waals surface area contributed by atoms with Crippen molar-refractivity contribution in [2.45, 2.75) is 38.3 Å². The van der Waals surface area contributed by atoms with Crippen molar-refractivity contribution >= 4 is 33.3 Å². The number of hydrogen-bond donors (Lipinski definition) is 1. The quantitative estimate of drug-likeness (QED) is 0.898. The molecule has 2 heterocycles. The average Bonchev–Trinajstić information content (AvgIpc) is 2.21. The fourth-order valence-corrected chi connectivity index (χ4v) is 2.75. The monoisotopic (exact) mass is 318 g/mol. The largest absolute Gasteiger partial charge is 0.375 e. The van der Waals surface area contributed by atoms with Crippen molar-refractivity contribution in [3.8, 4) is 0 Å². The Hall–Kier alpha value is -0.320. The molecule has 1 unspecified atom stereocenters. The molecule has 3 nitrogen and oxygen atoms in total. The average molecular weight is 320 g/mol. The van der Waals surface area contributed by atoms with Crippen molar-refractivity contribution in [3.63, 3.8) is 0 Å². The Morgan fingerprint density at radius 2 is 2.35 bits per heavy atom. The molecule has 94 valence electrons. The van der Waals surface area contributed by atoms with Gasteiger partial charge in [0.15, 0.2) is 0 Å². The van der Waals surface area contributed by atoms with Gasteiger partial charge in [-0.25, -0.2) is 4.98 Å². The van der Waals surface area contributed by atoms with Crippen molar-refractivity contribution in [2.24, 2.45) is 0 Å². The summed E-state index contributed by atoms with van der Waals surface area (Å²) in [5.41, 5.74) is -0.0717. The van der Waals surface area contributed by atoms with Crippen molar-refractivity contribution < 1.29 is 4.74 Å². The first-order chi connectivity index (χ1) is 7.96. The van der Waals surface area contributed by atoms with E-state index in [1.165, 1.54) is 0 Å². The summed E-state index contributed by atoms with van der Waals surface area (Å²) in [7, 11) is 0. The topological polar surface area (TPSA) is 34.2 Å². The van der Waals surface area contributed by atoms with Crippen LogP contribution in [0.4, 0.5) is 5.82 Å². The van der Waals surface area contributed by atoms with Crippen LogP contribution in [0, 0.1) is 0 Å². The summed E-state index contributed by atoms with van der Waals surface area (Å²) in [5.74, 6) is 0.748. The summed E-state index contributed by atoms with van der Waals surface area (Å²) < 4.78 is 6.57. The Labute approximate surface area is 115 Å². The molecule has 17 heavy (non-hydrogen) atoms. The number of nitrogens with zero attached hydrogens (tertiary/aromatic N) is 1. The number of halogens is 2. The predicted octanol–water partition coefficient (Wildman–Crippen LogP) is 3.87. The van der Waals surface area contributed by atoms with E-state index in [0.29, 0.717) is 11.1 Å². The minimum absolute atomic E-state index is 0.0717.